The SMILES string of the molecule is CCOC(=O)c1ccccc1N(Cc1ccc2ccc(C(=N)N)cc2c1)c1ccc(OC2CCNC2)cc1.Cl.Cl. The van der Waals surface area contributed by atoms with Gasteiger partial charge < -0.3 is 25.4 Å². The lowest BCUT2D eigenvalue weighted by Gasteiger charge is -2.27. The van der Waals surface area contributed by atoms with Crippen LogP contribution in [-0.4, -0.2) is 37.6 Å². The largest absolute Gasteiger partial charge is 0.489 e. The van der Waals surface area contributed by atoms with Crippen LogP contribution in [0.2, 0.25) is 0 Å². The van der Waals surface area contributed by atoms with Crippen LogP contribution in [0.3, 0.4) is 0 Å². The van der Waals surface area contributed by atoms with E-state index in [1.807, 2.05) is 60.7 Å². The number of carbonyl (C=O) groups excluding carboxylic acids is 1. The molecule has 4 aromatic rings. The second kappa shape index (κ2) is 14.0. The fourth-order valence-corrected chi connectivity index (χ4v) is 4.78. The van der Waals surface area contributed by atoms with E-state index in [9.17, 15) is 4.79 Å². The molecule has 5 rings (SSSR count). The third-order valence-corrected chi connectivity index (χ3v) is 6.71. The second-order valence-corrected chi connectivity index (χ2v) is 9.36. The number of benzene rings is 4. The van der Waals surface area contributed by atoms with Gasteiger partial charge in [0.2, 0.25) is 0 Å². The first kappa shape index (κ1) is 30.8. The third kappa shape index (κ3) is 7.04. The van der Waals surface area contributed by atoms with Crippen molar-refractivity contribution in [2.45, 2.75) is 26.0 Å². The topological polar surface area (TPSA) is 101 Å². The van der Waals surface area contributed by atoms with Crippen molar-refractivity contribution in [1.29, 1.82) is 5.41 Å². The van der Waals surface area contributed by atoms with Gasteiger partial charge in [0.15, 0.2) is 0 Å². The molecule has 0 radical (unpaired) electrons. The first-order valence-electron chi connectivity index (χ1n) is 12.9. The maximum absolute atomic E-state index is 12.9. The Kier molecular flexibility index (Phi) is 10.8. The molecule has 7 nitrogen and oxygen atoms in total. The van der Waals surface area contributed by atoms with Gasteiger partial charge in [-0.1, -0.05) is 36.4 Å². The molecule has 1 aliphatic heterocycles. The smallest absolute Gasteiger partial charge is 0.340 e. The predicted molar refractivity (Wildman–Crippen MR) is 166 cm³/mol. The van der Waals surface area contributed by atoms with Gasteiger partial charge in [-0.15, -0.1) is 24.8 Å². The van der Waals surface area contributed by atoms with Crippen LogP contribution in [0.5, 0.6) is 5.75 Å². The van der Waals surface area contributed by atoms with E-state index in [1.54, 1.807) is 13.0 Å². The normalized spacial score (nSPS) is 14.1. The minimum Gasteiger partial charge on any atom is -0.489 e. The van der Waals surface area contributed by atoms with Crippen LogP contribution in [-0.2, 0) is 11.3 Å². The van der Waals surface area contributed by atoms with Crippen molar-refractivity contribution >= 4 is 58.8 Å². The van der Waals surface area contributed by atoms with Gasteiger partial charge in [-0.2, -0.15) is 0 Å². The van der Waals surface area contributed by atoms with Gasteiger partial charge in [0.25, 0.3) is 0 Å². The van der Waals surface area contributed by atoms with Crippen molar-refractivity contribution in [2.24, 2.45) is 5.73 Å². The molecule has 210 valence electrons. The van der Waals surface area contributed by atoms with E-state index in [4.69, 9.17) is 20.6 Å². The van der Waals surface area contributed by atoms with Crippen molar-refractivity contribution in [1.82, 2.24) is 5.32 Å². The first-order valence-corrected chi connectivity index (χ1v) is 12.9. The van der Waals surface area contributed by atoms with Gasteiger partial charge >= 0.3 is 5.97 Å². The number of nitrogens with two attached hydrogens (primary N) is 1. The summed E-state index contributed by atoms with van der Waals surface area (Å²) in [5.41, 5.74) is 9.66. The van der Waals surface area contributed by atoms with Gasteiger partial charge in [-0.25, -0.2) is 4.79 Å². The molecule has 0 aliphatic carbocycles. The number of hydrogen-bond donors (Lipinski definition) is 3. The summed E-state index contributed by atoms with van der Waals surface area (Å²) >= 11 is 0. The summed E-state index contributed by atoms with van der Waals surface area (Å²) in [7, 11) is 0. The monoisotopic (exact) mass is 580 g/mol. The Morgan fingerprint density at radius 2 is 1.75 bits per heavy atom. The molecular weight excluding hydrogens is 547 g/mol. The maximum atomic E-state index is 12.9. The van der Waals surface area contributed by atoms with E-state index >= 15 is 0 Å². The molecular formula is C31H34Cl2N4O3. The van der Waals surface area contributed by atoms with Crippen LogP contribution in [0, 0.1) is 5.41 Å². The van der Waals surface area contributed by atoms with Crippen molar-refractivity contribution in [3.8, 4) is 5.75 Å². The molecule has 9 heteroatoms. The van der Waals surface area contributed by atoms with Crippen LogP contribution in [0.15, 0.2) is 84.9 Å². The number of halogens is 2. The number of ether oxygens (including phenoxy) is 2. The van der Waals surface area contributed by atoms with Crippen LogP contribution in [0.4, 0.5) is 11.4 Å². The molecule has 0 bridgehead atoms. The fraction of sp³-hybridized carbons (Fsp3) is 0.226. The Hall–Kier alpha value is -3.78. The Morgan fingerprint density at radius 1 is 1.00 bits per heavy atom. The van der Waals surface area contributed by atoms with Crippen LogP contribution in [0.1, 0.15) is 34.8 Å². The number of hydrogen-bond acceptors (Lipinski definition) is 6. The minimum atomic E-state index is -0.355. The Bertz CT molecular complexity index is 1460. The molecule has 40 heavy (non-hydrogen) atoms. The van der Waals surface area contributed by atoms with Crippen LogP contribution in [0.25, 0.3) is 10.8 Å². The highest BCUT2D eigenvalue weighted by Gasteiger charge is 2.20. The first-order chi connectivity index (χ1) is 18.5. The number of fused-ring (bicyclic) bond motifs is 1. The molecule has 0 spiro atoms. The molecule has 1 saturated heterocycles. The quantitative estimate of drug-likeness (QED) is 0.123. The van der Waals surface area contributed by atoms with Crippen molar-refractivity contribution in [3.05, 3.63) is 102 Å². The van der Waals surface area contributed by atoms with Crippen LogP contribution >= 0.6 is 24.8 Å². The van der Waals surface area contributed by atoms with E-state index in [0.717, 1.165) is 53.0 Å². The molecule has 4 N–H and O–H groups in total. The highest BCUT2D eigenvalue weighted by Crippen LogP contribution is 2.33. The average Bonchev–Trinajstić information content (AvgIpc) is 3.45. The molecule has 1 heterocycles. The highest BCUT2D eigenvalue weighted by atomic mass is 35.5. The van der Waals surface area contributed by atoms with E-state index in [-0.39, 0.29) is 42.7 Å². The number of nitrogens with one attached hydrogen (secondary N) is 2. The Labute approximate surface area is 247 Å². The number of para-hydroxylation sites is 1. The number of carbonyl (C=O) groups is 1. The number of rotatable bonds is 9. The molecule has 4 aromatic carbocycles. The van der Waals surface area contributed by atoms with E-state index in [2.05, 4.69) is 28.4 Å². The van der Waals surface area contributed by atoms with Gasteiger partial charge in [-0.3, -0.25) is 5.41 Å². The van der Waals surface area contributed by atoms with E-state index in [0.29, 0.717) is 24.3 Å². The maximum Gasteiger partial charge on any atom is 0.340 e. The zero-order valence-electron chi connectivity index (χ0n) is 22.3. The molecule has 1 aliphatic rings. The zero-order valence-corrected chi connectivity index (χ0v) is 23.9. The predicted octanol–water partition coefficient (Wildman–Crippen LogP) is 6.22. The number of amidine groups is 1. The average molecular weight is 582 g/mol. The summed E-state index contributed by atoms with van der Waals surface area (Å²) in [5, 5.41) is 13.2. The van der Waals surface area contributed by atoms with E-state index in [1.165, 1.54) is 0 Å². The number of esters is 1. The van der Waals surface area contributed by atoms with E-state index < -0.39 is 0 Å². The molecule has 1 unspecified atom stereocenters. The van der Waals surface area contributed by atoms with Crippen molar-refractivity contribution < 1.29 is 14.3 Å². The summed E-state index contributed by atoms with van der Waals surface area (Å²) in [4.78, 5) is 15.0. The molecule has 0 saturated carbocycles. The number of nitrogens with zero attached hydrogens (tertiary/aromatic N) is 1. The minimum absolute atomic E-state index is 0. The third-order valence-electron chi connectivity index (χ3n) is 6.71. The van der Waals surface area contributed by atoms with Gasteiger partial charge in [0.1, 0.15) is 17.7 Å². The number of nitrogen functional groups attached to an aromatic ring is 1. The summed E-state index contributed by atoms with van der Waals surface area (Å²) in [5.74, 6) is 0.507. The lowest BCUT2D eigenvalue weighted by Crippen LogP contribution is -2.21. The lowest BCUT2D eigenvalue weighted by atomic mass is 10.0. The fourth-order valence-electron chi connectivity index (χ4n) is 4.78. The van der Waals surface area contributed by atoms with Gasteiger partial charge in [0, 0.05) is 24.3 Å². The standard InChI is InChI=1S/C31H32N4O3.2ClH/c1-2-37-31(36)28-5-3-4-6-29(28)35(25-11-13-26(14-12-25)38-27-15-16-34-19-27)20-21-7-8-22-9-10-23(30(32)33)18-24(22)17-21;;/h3-14,17-18,27,34H,2,15-16,19-20H2,1H3,(H3,32,33);2*1H. The Balaban J connectivity index is 0.00000220. The molecule has 0 aromatic heterocycles. The van der Waals surface area contributed by atoms with Crippen molar-refractivity contribution in [2.75, 3.05) is 24.6 Å². The summed E-state index contributed by atoms with van der Waals surface area (Å²) in [6, 6.07) is 27.5. The van der Waals surface area contributed by atoms with Crippen molar-refractivity contribution in [3.63, 3.8) is 0 Å². The summed E-state index contributed by atoms with van der Waals surface area (Å²) in [6.07, 6.45) is 1.17. The summed E-state index contributed by atoms with van der Waals surface area (Å²) < 4.78 is 11.5. The van der Waals surface area contributed by atoms with Crippen LogP contribution < -0.4 is 20.7 Å². The second-order valence-electron chi connectivity index (χ2n) is 9.36. The molecule has 0 amide bonds. The zero-order chi connectivity index (χ0) is 26.5. The molecule has 1 atom stereocenters. The highest BCUT2D eigenvalue weighted by molar-refractivity contribution is 5.99. The van der Waals surface area contributed by atoms with Gasteiger partial charge in [-0.05, 0) is 84.8 Å². The number of anilines is 2. The lowest BCUT2D eigenvalue weighted by molar-refractivity contribution is 0.0527. The summed E-state index contributed by atoms with van der Waals surface area (Å²) in [6.45, 7) is 4.46. The molecule has 1 fully saturated rings. The van der Waals surface area contributed by atoms with Gasteiger partial charge in [0.05, 0.1) is 17.9 Å². The Morgan fingerprint density at radius 3 is 2.45 bits per heavy atom.